The molecule has 0 aliphatic carbocycles. The number of aromatic amines is 1. The van der Waals surface area contributed by atoms with E-state index in [1.165, 1.54) is 18.2 Å². The maximum Gasteiger partial charge on any atom is 0.573 e. The lowest BCUT2D eigenvalue weighted by atomic mass is 10.3. The Bertz CT molecular complexity index is 853. The average molecular weight is 311 g/mol. The van der Waals surface area contributed by atoms with Crippen LogP contribution in [0.4, 0.5) is 13.2 Å². The van der Waals surface area contributed by atoms with E-state index < -0.39 is 6.36 Å². The third kappa shape index (κ3) is 2.75. The van der Waals surface area contributed by atoms with E-state index in [9.17, 15) is 13.2 Å². The van der Waals surface area contributed by atoms with Gasteiger partial charge in [-0.3, -0.25) is 9.55 Å². The molecule has 0 radical (unpaired) electrons. The molecule has 108 valence electrons. The van der Waals surface area contributed by atoms with Gasteiger partial charge in [0, 0.05) is 12.3 Å². The Kier molecular flexibility index (Phi) is 3.17. The van der Waals surface area contributed by atoms with Crippen molar-refractivity contribution < 1.29 is 17.9 Å². The molecule has 21 heavy (non-hydrogen) atoms. The number of halogens is 3. The third-order valence-electron chi connectivity index (χ3n) is 2.79. The SMILES string of the molecule is FC(F)(F)Oc1cccc(-n2c(=S)[nH]c3cnccc32)c1. The van der Waals surface area contributed by atoms with Crippen molar-refractivity contribution >= 4 is 23.3 Å². The van der Waals surface area contributed by atoms with Gasteiger partial charge in [-0.25, -0.2) is 0 Å². The van der Waals surface area contributed by atoms with Crippen LogP contribution in [-0.2, 0) is 0 Å². The molecule has 8 heteroatoms. The lowest BCUT2D eigenvalue weighted by Crippen LogP contribution is -2.17. The van der Waals surface area contributed by atoms with Crippen LogP contribution in [0.1, 0.15) is 0 Å². The van der Waals surface area contributed by atoms with Crippen LogP contribution in [0.25, 0.3) is 16.7 Å². The number of rotatable bonds is 2. The van der Waals surface area contributed by atoms with Crippen LogP contribution < -0.4 is 4.74 Å². The van der Waals surface area contributed by atoms with Gasteiger partial charge in [-0.05, 0) is 30.4 Å². The van der Waals surface area contributed by atoms with Crippen LogP contribution >= 0.6 is 12.2 Å². The van der Waals surface area contributed by atoms with Crippen molar-refractivity contribution in [3.05, 3.63) is 47.5 Å². The monoisotopic (exact) mass is 311 g/mol. The Labute approximate surface area is 121 Å². The molecule has 3 aromatic rings. The van der Waals surface area contributed by atoms with Crippen LogP contribution in [0, 0.1) is 4.77 Å². The quantitative estimate of drug-likeness (QED) is 0.728. The molecule has 3 rings (SSSR count). The Morgan fingerprint density at radius 2 is 2.05 bits per heavy atom. The van der Waals surface area contributed by atoms with Crippen molar-refractivity contribution in [2.45, 2.75) is 6.36 Å². The largest absolute Gasteiger partial charge is 0.573 e. The van der Waals surface area contributed by atoms with Crippen molar-refractivity contribution in [2.24, 2.45) is 0 Å². The van der Waals surface area contributed by atoms with E-state index in [-0.39, 0.29) is 5.75 Å². The first-order valence-corrected chi connectivity index (χ1v) is 6.26. The van der Waals surface area contributed by atoms with Crippen molar-refractivity contribution in [1.29, 1.82) is 0 Å². The fraction of sp³-hybridized carbons (Fsp3) is 0.0769. The van der Waals surface area contributed by atoms with Gasteiger partial charge in [0.25, 0.3) is 0 Å². The first-order valence-electron chi connectivity index (χ1n) is 5.85. The number of pyridine rings is 1. The molecule has 1 aromatic carbocycles. The minimum Gasteiger partial charge on any atom is -0.406 e. The zero-order valence-corrected chi connectivity index (χ0v) is 11.2. The highest BCUT2D eigenvalue weighted by Gasteiger charge is 2.31. The third-order valence-corrected chi connectivity index (χ3v) is 3.08. The molecule has 2 aromatic heterocycles. The molecule has 0 saturated heterocycles. The normalized spacial score (nSPS) is 11.8. The van der Waals surface area contributed by atoms with Crippen LogP contribution in [0.2, 0.25) is 0 Å². The summed E-state index contributed by atoms with van der Waals surface area (Å²) >= 11 is 5.20. The number of nitrogens with one attached hydrogen (secondary N) is 1. The summed E-state index contributed by atoms with van der Waals surface area (Å²) < 4.78 is 42.8. The maximum atomic E-state index is 12.3. The average Bonchev–Trinajstić information content (AvgIpc) is 2.72. The molecule has 0 aliphatic rings. The maximum absolute atomic E-state index is 12.3. The lowest BCUT2D eigenvalue weighted by Gasteiger charge is -2.10. The second-order valence-electron chi connectivity index (χ2n) is 4.20. The zero-order valence-electron chi connectivity index (χ0n) is 10.4. The fourth-order valence-electron chi connectivity index (χ4n) is 2.03. The number of ether oxygens (including phenoxy) is 1. The van der Waals surface area contributed by atoms with Gasteiger partial charge in [-0.15, -0.1) is 13.2 Å². The van der Waals surface area contributed by atoms with E-state index in [0.717, 1.165) is 5.52 Å². The highest BCUT2D eigenvalue weighted by molar-refractivity contribution is 7.71. The fourth-order valence-corrected chi connectivity index (χ4v) is 2.35. The molecular weight excluding hydrogens is 303 g/mol. The molecule has 0 fully saturated rings. The minimum absolute atomic E-state index is 0.301. The van der Waals surface area contributed by atoms with Crippen molar-refractivity contribution in [2.75, 3.05) is 0 Å². The molecule has 4 nitrogen and oxygen atoms in total. The van der Waals surface area contributed by atoms with E-state index in [4.69, 9.17) is 12.2 Å². The standard InChI is InChI=1S/C13H8F3N3OS/c14-13(15,16)20-9-3-1-2-8(6-9)19-11-4-5-17-7-10(11)18-12(19)21/h1-7H,(H,18,21). The van der Waals surface area contributed by atoms with Gasteiger partial charge < -0.3 is 9.72 Å². The highest BCUT2D eigenvalue weighted by atomic mass is 32.1. The number of alkyl halides is 3. The van der Waals surface area contributed by atoms with E-state index in [1.54, 1.807) is 29.1 Å². The molecule has 0 bridgehead atoms. The summed E-state index contributed by atoms with van der Waals surface area (Å²) in [4.78, 5) is 6.91. The second-order valence-corrected chi connectivity index (χ2v) is 4.59. The summed E-state index contributed by atoms with van der Waals surface area (Å²) in [6, 6.07) is 7.35. The molecule has 0 atom stereocenters. The highest BCUT2D eigenvalue weighted by Crippen LogP contribution is 2.26. The number of aromatic nitrogens is 3. The molecule has 2 heterocycles. The first-order chi connectivity index (χ1) is 9.94. The smallest absolute Gasteiger partial charge is 0.406 e. The summed E-state index contributed by atoms with van der Waals surface area (Å²) in [5.41, 5.74) is 1.89. The Hall–Kier alpha value is -2.35. The number of H-pyrrole nitrogens is 1. The van der Waals surface area contributed by atoms with E-state index in [2.05, 4.69) is 14.7 Å². The molecule has 0 amide bonds. The van der Waals surface area contributed by atoms with Crippen molar-refractivity contribution in [1.82, 2.24) is 14.5 Å². The van der Waals surface area contributed by atoms with Crippen molar-refractivity contribution in [3.8, 4) is 11.4 Å². The summed E-state index contributed by atoms with van der Waals surface area (Å²) in [7, 11) is 0. The molecule has 0 unspecified atom stereocenters. The molecule has 1 N–H and O–H groups in total. The lowest BCUT2D eigenvalue weighted by molar-refractivity contribution is -0.274. The number of fused-ring (bicyclic) bond motifs is 1. The summed E-state index contributed by atoms with van der Waals surface area (Å²) in [5.74, 6) is -0.301. The van der Waals surface area contributed by atoms with E-state index in [0.29, 0.717) is 16.0 Å². The van der Waals surface area contributed by atoms with Gasteiger partial charge in [0.15, 0.2) is 4.77 Å². The van der Waals surface area contributed by atoms with Gasteiger partial charge in [0.05, 0.1) is 22.9 Å². The minimum atomic E-state index is -4.73. The van der Waals surface area contributed by atoms with E-state index in [1.807, 2.05) is 0 Å². The Morgan fingerprint density at radius 3 is 2.81 bits per heavy atom. The molecular formula is C13H8F3N3OS. The van der Waals surface area contributed by atoms with Crippen LogP contribution in [0.3, 0.4) is 0 Å². The molecule has 0 aliphatic heterocycles. The Balaban J connectivity index is 2.13. The van der Waals surface area contributed by atoms with Crippen LogP contribution in [-0.4, -0.2) is 20.9 Å². The molecule has 0 spiro atoms. The van der Waals surface area contributed by atoms with Crippen molar-refractivity contribution in [3.63, 3.8) is 0 Å². The topological polar surface area (TPSA) is 42.8 Å². The predicted molar refractivity (Wildman–Crippen MR) is 72.9 cm³/mol. The number of hydrogen-bond donors (Lipinski definition) is 1. The zero-order chi connectivity index (χ0) is 15.0. The number of hydrogen-bond acceptors (Lipinski definition) is 3. The second kappa shape index (κ2) is 4.88. The number of benzene rings is 1. The summed E-state index contributed by atoms with van der Waals surface area (Å²) in [6.45, 7) is 0. The predicted octanol–water partition coefficient (Wildman–Crippen LogP) is 3.98. The first kappa shape index (κ1) is 13.6. The summed E-state index contributed by atoms with van der Waals surface area (Å²) in [6.07, 6.45) is -1.56. The van der Waals surface area contributed by atoms with Gasteiger partial charge in [-0.1, -0.05) is 6.07 Å². The van der Waals surface area contributed by atoms with Crippen LogP contribution in [0.15, 0.2) is 42.7 Å². The van der Waals surface area contributed by atoms with Gasteiger partial charge in [0.2, 0.25) is 0 Å². The van der Waals surface area contributed by atoms with Gasteiger partial charge in [-0.2, -0.15) is 0 Å². The van der Waals surface area contributed by atoms with Gasteiger partial charge >= 0.3 is 6.36 Å². The van der Waals surface area contributed by atoms with Crippen LogP contribution in [0.5, 0.6) is 5.75 Å². The van der Waals surface area contributed by atoms with E-state index >= 15 is 0 Å². The van der Waals surface area contributed by atoms with Gasteiger partial charge in [0.1, 0.15) is 5.75 Å². The molecule has 0 saturated carbocycles. The Morgan fingerprint density at radius 1 is 1.24 bits per heavy atom. The number of imidazole rings is 1. The number of nitrogens with zero attached hydrogens (tertiary/aromatic N) is 2. The summed E-state index contributed by atoms with van der Waals surface area (Å²) in [5, 5.41) is 0.